The zero-order valence-corrected chi connectivity index (χ0v) is 14.6. The molecule has 6 heteroatoms. The van der Waals surface area contributed by atoms with Crippen LogP contribution in [0.15, 0.2) is 18.3 Å². The van der Waals surface area contributed by atoms with Crippen LogP contribution in [0.1, 0.15) is 37.2 Å². The lowest BCUT2D eigenvalue weighted by Crippen LogP contribution is -2.41. The fourth-order valence-electron chi connectivity index (χ4n) is 3.47. The third-order valence-electron chi connectivity index (χ3n) is 4.74. The summed E-state index contributed by atoms with van der Waals surface area (Å²) >= 11 is 0. The molecule has 0 saturated carbocycles. The summed E-state index contributed by atoms with van der Waals surface area (Å²) in [6.45, 7) is 6.05. The Bertz CT molecular complexity index is 759. The second kappa shape index (κ2) is 6.71. The molecule has 1 amide bonds. The number of amides is 1. The Morgan fingerprint density at radius 3 is 2.83 bits per heavy atom. The number of carbonyl (C=O) groups excluding carboxylic acids is 2. The van der Waals surface area contributed by atoms with E-state index >= 15 is 0 Å². The van der Waals surface area contributed by atoms with Crippen molar-refractivity contribution in [3.63, 3.8) is 0 Å². The van der Waals surface area contributed by atoms with Crippen molar-refractivity contribution in [1.82, 2.24) is 14.0 Å². The molecule has 0 N–H and O–H groups in total. The van der Waals surface area contributed by atoms with E-state index < -0.39 is 0 Å². The van der Waals surface area contributed by atoms with Gasteiger partial charge in [0.15, 0.2) is 0 Å². The first-order valence-electron chi connectivity index (χ1n) is 8.60. The smallest absolute Gasteiger partial charge is 0.355 e. The Kier molecular flexibility index (Phi) is 4.64. The molecule has 6 nitrogen and oxygen atoms in total. The normalized spacial score (nSPS) is 18.1. The van der Waals surface area contributed by atoms with Crippen LogP contribution in [-0.4, -0.2) is 45.6 Å². The number of nitrogens with zero attached hydrogens (tertiary/aromatic N) is 3. The van der Waals surface area contributed by atoms with E-state index in [9.17, 15) is 9.59 Å². The maximum absolute atomic E-state index is 12.7. The van der Waals surface area contributed by atoms with Crippen LogP contribution in [-0.2, 0) is 23.1 Å². The molecule has 2 aromatic rings. The Morgan fingerprint density at radius 2 is 2.12 bits per heavy atom. The summed E-state index contributed by atoms with van der Waals surface area (Å²) in [6, 6.07) is 3.74. The molecule has 1 atom stereocenters. The Balaban J connectivity index is 1.90. The molecular formula is C18H25N3O3. The van der Waals surface area contributed by atoms with Crippen molar-refractivity contribution in [2.24, 2.45) is 13.0 Å². The number of rotatable bonds is 4. The molecule has 0 aromatic carbocycles. The van der Waals surface area contributed by atoms with Gasteiger partial charge in [-0.05, 0) is 37.8 Å². The minimum atomic E-state index is -0.381. The van der Waals surface area contributed by atoms with E-state index in [1.165, 1.54) is 6.42 Å². The minimum Gasteiger partial charge on any atom is -0.461 e. The standard InChI is InChI=1S/C18H25N3O3/c1-4-24-18(23)16-10-15-14(7-9-19(15)3)21(16)12-17(22)20-8-5-6-13(2)11-20/h7,9-10,13H,4-6,8,11-12H2,1-3H3/t13-/m0/s1. The number of likely N-dealkylation sites (tertiary alicyclic amines) is 1. The molecule has 1 aliphatic rings. The summed E-state index contributed by atoms with van der Waals surface area (Å²) in [7, 11) is 1.93. The van der Waals surface area contributed by atoms with Gasteiger partial charge >= 0.3 is 5.97 Å². The van der Waals surface area contributed by atoms with Gasteiger partial charge < -0.3 is 18.8 Å². The van der Waals surface area contributed by atoms with Gasteiger partial charge in [0, 0.05) is 26.3 Å². The molecule has 0 spiro atoms. The minimum absolute atomic E-state index is 0.0634. The Morgan fingerprint density at radius 1 is 1.33 bits per heavy atom. The summed E-state index contributed by atoms with van der Waals surface area (Å²) in [4.78, 5) is 26.9. The Hall–Kier alpha value is -2.24. The van der Waals surface area contributed by atoms with Gasteiger partial charge in [-0.1, -0.05) is 6.92 Å². The molecule has 3 rings (SSSR count). The van der Waals surface area contributed by atoms with Crippen LogP contribution in [0.25, 0.3) is 11.0 Å². The maximum Gasteiger partial charge on any atom is 0.355 e. The molecule has 0 radical (unpaired) electrons. The second-order valence-electron chi connectivity index (χ2n) is 6.62. The molecule has 24 heavy (non-hydrogen) atoms. The topological polar surface area (TPSA) is 56.5 Å². The SMILES string of the molecule is CCOC(=O)c1cc2c(ccn2C)n1CC(=O)N1CCC[C@H](C)C1. The van der Waals surface area contributed by atoms with Crippen molar-refractivity contribution in [1.29, 1.82) is 0 Å². The van der Waals surface area contributed by atoms with Crippen molar-refractivity contribution < 1.29 is 14.3 Å². The van der Waals surface area contributed by atoms with Gasteiger partial charge in [0.25, 0.3) is 0 Å². The average Bonchev–Trinajstić information content (AvgIpc) is 3.08. The van der Waals surface area contributed by atoms with E-state index in [4.69, 9.17) is 4.74 Å². The highest BCUT2D eigenvalue weighted by Crippen LogP contribution is 2.23. The van der Waals surface area contributed by atoms with Gasteiger partial charge in [-0.25, -0.2) is 4.79 Å². The highest BCUT2D eigenvalue weighted by molar-refractivity contribution is 5.96. The summed E-state index contributed by atoms with van der Waals surface area (Å²) in [5.74, 6) is 0.218. The first-order valence-corrected chi connectivity index (χ1v) is 8.60. The van der Waals surface area contributed by atoms with Crippen molar-refractivity contribution in [3.05, 3.63) is 24.0 Å². The van der Waals surface area contributed by atoms with Crippen LogP contribution in [0.5, 0.6) is 0 Å². The molecule has 0 unspecified atom stereocenters. The van der Waals surface area contributed by atoms with E-state index in [-0.39, 0.29) is 18.4 Å². The van der Waals surface area contributed by atoms with E-state index in [0.717, 1.165) is 30.5 Å². The highest BCUT2D eigenvalue weighted by Gasteiger charge is 2.24. The molecule has 3 heterocycles. The van der Waals surface area contributed by atoms with Gasteiger partial charge in [0.1, 0.15) is 12.2 Å². The molecule has 2 aromatic heterocycles. The summed E-state index contributed by atoms with van der Waals surface area (Å²) in [6.07, 6.45) is 4.15. The molecule has 130 valence electrons. The number of carbonyl (C=O) groups is 2. The number of hydrogen-bond acceptors (Lipinski definition) is 3. The number of aromatic nitrogens is 2. The molecule has 1 saturated heterocycles. The second-order valence-corrected chi connectivity index (χ2v) is 6.62. The summed E-state index contributed by atoms with van der Waals surface area (Å²) in [5, 5.41) is 0. The first-order chi connectivity index (χ1) is 11.5. The van der Waals surface area contributed by atoms with Crippen LogP contribution >= 0.6 is 0 Å². The molecule has 1 aliphatic heterocycles. The third-order valence-corrected chi connectivity index (χ3v) is 4.74. The van der Waals surface area contributed by atoms with Gasteiger partial charge in [0.05, 0.1) is 17.6 Å². The lowest BCUT2D eigenvalue weighted by molar-refractivity contribution is -0.133. The van der Waals surface area contributed by atoms with Crippen LogP contribution < -0.4 is 0 Å². The lowest BCUT2D eigenvalue weighted by atomic mass is 10.0. The predicted molar refractivity (Wildman–Crippen MR) is 91.8 cm³/mol. The van der Waals surface area contributed by atoms with Crippen molar-refractivity contribution in [3.8, 4) is 0 Å². The number of fused-ring (bicyclic) bond motifs is 1. The Labute approximate surface area is 142 Å². The van der Waals surface area contributed by atoms with E-state index in [1.54, 1.807) is 17.6 Å². The molecule has 1 fully saturated rings. The quantitative estimate of drug-likeness (QED) is 0.809. The lowest BCUT2D eigenvalue weighted by Gasteiger charge is -2.31. The summed E-state index contributed by atoms with van der Waals surface area (Å²) in [5.41, 5.74) is 2.26. The molecule has 0 bridgehead atoms. The maximum atomic E-state index is 12.7. The molecular weight excluding hydrogens is 306 g/mol. The number of piperidine rings is 1. The van der Waals surface area contributed by atoms with E-state index in [2.05, 4.69) is 6.92 Å². The van der Waals surface area contributed by atoms with Crippen molar-refractivity contribution in [2.45, 2.75) is 33.2 Å². The molecule has 0 aliphatic carbocycles. The predicted octanol–water partition coefficient (Wildman–Crippen LogP) is 2.42. The van der Waals surface area contributed by atoms with Gasteiger partial charge in [-0.15, -0.1) is 0 Å². The van der Waals surface area contributed by atoms with E-state index in [0.29, 0.717) is 18.2 Å². The van der Waals surface area contributed by atoms with Crippen molar-refractivity contribution in [2.75, 3.05) is 19.7 Å². The number of aryl methyl sites for hydroxylation is 1. The van der Waals surface area contributed by atoms with Crippen molar-refractivity contribution >= 4 is 22.9 Å². The number of ether oxygens (including phenoxy) is 1. The zero-order chi connectivity index (χ0) is 17.3. The third kappa shape index (κ3) is 3.05. The largest absolute Gasteiger partial charge is 0.461 e. The first kappa shape index (κ1) is 16.6. The summed E-state index contributed by atoms with van der Waals surface area (Å²) < 4.78 is 8.89. The highest BCUT2D eigenvalue weighted by atomic mass is 16.5. The van der Waals surface area contributed by atoms with E-state index in [1.807, 2.05) is 28.8 Å². The van der Waals surface area contributed by atoms with Crippen LogP contribution in [0.4, 0.5) is 0 Å². The number of esters is 1. The van der Waals surface area contributed by atoms with Crippen LogP contribution in [0, 0.1) is 5.92 Å². The monoisotopic (exact) mass is 331 g/mol. The average molecular weight is 331 g/mol. The van der Waals surface area contributed by atoms with Crippen LogP contribution in [0.2, 0.25) is 0 Å². The van der Waals surface area contributed by atoms with Gasteiger partial charge in [0.2, 0.25) is 5.91 Å². The van der Waals surface area contributed by atoms with Gasteiger partial charge in [-0.3, -0.25) is 4.79 Å². The fourth-order valence-corrected chi connectivity index (χ4v) is 3.47. The van der Waals surface area contributed by atoms with Crippen LogP contribution in [0.3, 0.4) is 0 Å². The fraction of sp³-hybridized carbons (Fsp3) is 0.556. The zero-order valence-electron chi connectivity index (χ0n) is 14.6. The number of hydrogen-bond donors (Lipinski definition) is 0. The van der Waals surface area contributed by atoms with Gasteiger partial charge in [-0.2, -0.15) is 0 Å².